The number of benzene rings is 2. The molecule has 0 spiro atoms. The lowest BCUT2D eigenvalue weighted by Crippen LogP contribution is -2.39. The molecule has 7 heteroatoms. The van der Waals surface area contributed by atoms with Crippen molar-refractivity contribution in [2.45, 2.75) is 32.6 Å². The van der Waals surface area contributed by atoms with Crippen molar-refractivity contribution in [2.24, 2.45) is 0 Å². The summed E-state index contributed by atoms with van der Waals surface area (Å²) in [4.78, 5) is 38.6. The molecule has 28 heavy (non-hydrogen) atoms. The molecule has 2 aliphatic rings. The maximum Gasteiger partial charge on any atom is 0.314 e. The van der Waals surface area contributed by atoms with E-state index in [9.17, 15) is 14.4 Å². The number of aryl methyl sites for hydroxylation is 3. The quantitative estimate of drug-likeness (QED) is 0.762. The molecular weight excluding hydrogens is 378 g/mol. The molecule has 2 aliphatic heterocycles. The first-order valence-electron chi connectivity index (χ1n) is 9.27. The Morgan fingerprint density at radius 3 is 2.36 bits per heavy atom. The van der Waals surface area contributed by atoms with Crippen LogP contribution in [0.1, 0.15) is 29.5 Å². The Morgan fingerprint density at radius 2 is 1.64 bits per heavy atom. The molecular formula is C21H20ClN3O3. The van der Waals surface area contributed by atoms with Crippen LogP contribution in [0.25, 0.3) is 0 Å². The van der Waals surface area contributed by atoms with Crippen molar-refractivity contribution in [3.63, 3.8) is 0 Å². The molecule has 0 saturated carbocycles. The Kier molecular flexibility index (Phi) is 4.81. The van der Waals surface area contributed by atoms with Gasteiger partial charge in [-0.15, -0.1) is 0 Å². The van der Waals surface area contributed by atoms with Crippen LogP contribution >= 0.6 is 11.6 Å². The molecule has 0 unspecified atom stereocenters. The molecule has 4 rings (SSSR count). The normalized spacial score (nSPS) is 15.1. The monoisotopic (exact) mass is 397 g/mol. The number of anilines is 3. The van der Waals surface area contributed by atoms with Crippen molar-refractivity contribution in [2.75, 3.05) is 22.1 Å². The fourth-order valence-corrected chi connectivity index (χ4v) is 3.95. The summed E-state index contributed by atoms with van der Waals surface area (Å²) in [7, 11) is 0. The highest BCUT2D eigenvalue weighted by Gasteiger charge is 2.30. The topological polar surface area (TPSA) is 78.5 Å². The number of hydrogen-bond donors (Lipinski definition) is 2. The number of nitrogens with zero attached hydrogens (tertiary/aromatic N) is 1. The van der Waals surface area contributed by atoms with Gasteiger partial charge in [-0.3, -0.25) is 14.4 Å². The van der Waals surface area contributed by atoms with Gasteiger partial charge in [-0.2, -0.15) is 0 Å². The second-order valence-electron chi connectivity index (χ2n) is 7.16. The third-order valence-corrected chi connectivity index (χ3v) is 5.58. The lowest BCUT2D eigenvalue weighted by atomic mass is 9.91. The van der Waals surface area contributed by atoms with E-state index in [4.69, 9.17) is 11.6 Å². The Hall–Kier alpha value is -2.86. The Morgan fingerprint density at radius 1 is 0.964 bits per heavy atom. The molecule has 2 heterocycles. The highest BCUT2D eigenvalue weighted by molar-refractivity contribution is 6.43. The first-order valence-corrected chi connectivity index (χ1v) is 9.65. The summed E-state index contributed by atoms with van der Waals surface area (Å²) in [5.41, 5.74) is 4.99. The van der Waals surface area contributed by atoms with Gasteiger partial charge < -0.3 is 15.5 Å². The van der Waals surface area contributed by atoms with Gasteiger partial charge in [-0.25, -0.2) is 0 Å². The highest BCUT2D eigenvalue weighted by atomic mass is 35.5. The lowest BCUT2D eigenvalue weighted by molar-refractivity contribution is -0.132. The summed E-state index contributed by atoms with van der Waals surface area (Å²) < 4.78 is 0. The van der Waals surface area contributed by atoms with E-state index >= 15 is 0 Å². The van der Waals surface area contributed by atoms with Gasteiger partial charge in [0.15, 0.2) is 0 Å². The van der Waals surface area contributed by atoms with Crippen molar-refractivity contribution >= 4 is 46.4 Å². The minimum absolute atomic E-state index is 0.154. The zero-order valence-electron chi connectivity index (χ0n) is 15.5. The van der Waals surface area contributed by atoms with Crippen LogP contribution in [0.15, 0.2) is 30.3 Å². The molecule has 144 valence electrons. The maximum absolute atomic E-state index is 12.3. The van der Waals surface area contributed by atoms with Crippen LogP contribution in [0.5, 0.6) is 0 Å². The standard InChI is InChI=1S/C21H20ClN3O3/c1-12-4-6-15(11-17(12)22)23-20(27)21(28)24-16-9-13-3-2-8-25-18(26)7-5-14(10-16)19(13)25/h4,6,9-11H,2-3,5,7-8H2,1H3,(H,23,27)(H,24,28). The average molecular weight is 398 g/mol. The van der Waals surface area contributed by atoms with Crippen LogP contribution in [0.2, 0.25) is 5.02 Å². The number of amides is 3. The van der Waals surface area contributed by atoms with Gasteiger partial charge >= 0.3 is 11.8 Å². The van der Waals surface area contributed by atoms with Crippen LogP contribution in [-0.4, -0.2) is 24.3 Å². The third kappa shape index (κ3) is 3.47. The van der Waals surface area contributed by atoms with Crippen LogP contribution < -0.4 is 15.5 Å². The SMILES string of the molecule is Cc1ccc(NC(=O)C(=O)Nc2cc3c4c(c2)CCC(=O)N4CCC3)cc1Cl. The maximum atomic E-state index is 12.3. The number of halogens is 1. The number of hydrogen-bond acceptors (Lipinski definition) is 3. The van der Waals surface area contributed by atoms with Gasteiger partial charge in [0.2, 0.25) is 5.91 Å². The molecule has 0 radical (unpaired) electrons. The molecule has 0 fully saturated rings. The molecule has 0 aromatic heterocycles. The van der Waals surface area contributed by atoms with Crippen molar-refractivity contribution in [3.8, 4) is 0 Å². The summed E-state index contributed by atoms with van der Waals surface area (Å²) in [6, 6.07) is 8.80. The number of carbonyl (C=O) groups is 3. The van der Waals surface area contributed by atoms with Crippen molar-refractivity contribution in [3.05, 3.63) is 52.0 Å². The lowest BCUT2D eigenvalue weighted by Gasteiger charge is -2.35. The van der Waals surface area contributed by atoms with Crippen molar-refractivity contribution < 1.29 is 14.4 Å². The predicted molar refractivity (Wildman–Crippen MR) is 109 cm³/mol. The molecule has 2 N–H and O–H groups in total. The fourth-order valence-electron chi connectivity index (χ4n) is 3.77. The van der Waals surface area contributed by atoms with E-state index in [0.29, 0.717) is 29.2 Å². The smallest absolute Gasteiger partial charge is 0.314 e. The van der Waals surface area contributed by atoms with Crippen LogP contribution in [0.3, 0.4) is 0 Å². The Labute approximate surface area is 167 Å². The zero-order chi connectivity index (χ0) is 19.8. The molecule has 2 aromatic rings. The summed E-state index contributed by atoms with van der Waals surface area (Å²) in [5, 5.41) is 5.75. The Bertz CT molecular complexity index is 985. The van der Waals surface area contributed by atoms with E-state index in [2.05, 4.69) is 10.6 Å². The summed E-state index contributed by atoms with van der Waals surface area (Å²) in [6.45, 7) is 2.60. The number of rotatable bonds is 2. The molecule has 0 atom stereocenters. The minimum Gasteiger partial charge on any atom is -0.318 e. The van der Waals surface area contributed by atoms with Gasteiger partial charge in [0.05, 0.1) is 5.69 Å². The molecule has 2 aromatic carbocycles. The van der Waals surface area contributed by atoms with Crippen LogP contribution in [0, 0.1) is 6.92 Å². The van der Waals surface area contributed by atoms with E-state index in [1.165, 1.54) is 0 Å². The first-order chi connectivity index (χ1) is 13.4. The zero-order valence-corrected chi connectivity index (χ0v) is 16.2. The fraction of sp³-hybridized carbons (Fsp3) is 0.286. The van der Waals surface area contributed by atoms with Gasteiger partial charge in [0.1, 0.15) is 0 Å². The minimum atomic E-state index is -0.761. The van der Waals surface area contributed by atoms with Crippen LogP contribution in [-0.2, 0) is 27.2 Å². The molecule has 0 saturated heterocycles. The van der Waals surface area contributed by atoms with E-state index in [-0.39, 0.29) is 5.91 Å². The third-order valence-electron chi connectivity index (χ3n) is 5.17. The van der Waals surface area contributed by atoms with Gasteiger partial charge in [0.25, 0.3) is 0 Å². The highest BCUT2D eigenvalue weighted by Crippen LogP contribution is 2.37. The second kappa shape index (κ2) is 7.28. The van der Waals surface area contributed by atoms with Gasteiger partial charge in [0, 0.05) is 29.4 Å². The molecule has 0 bridgehead atoms. The summed E-state index contributed by atoms with van der Waals surface area (Å²) >= 11 is 6.06. The van der Waals surface area contributed by atoms with Crippen molar-refractivity contribution in [1.29, 1.82) is 0 Å². The van der Waals surface area contributed by atoms with E-state index in [1.54, 1.807) is 18.2 Å². The van der Waals surface area contributed by atoms with Crippen LogP contribution in [0.4, 0.5) is 17.1 Å². The average Bonchev–Trinajstić information content (AvgIpc) is 2.67. The van der Waals surface area contributed by atoms with Gasteiger partial charge in [-0.05, 0) is 67.1 Å². The van der Waals surface area contributed by atoms with Crippen molar-refractivity contribution in [1.82, 2.24) is 0 Å². The number of carbonyl (C=O) groups excluding carboxylic acids is 3. The predicted octanol–water partition coefficient (Wildman–Crippen LogP) is 3.45. The molecule has 0 aliphatic carbocycles. The largest absolute Gasteiger partial charge is 0.318 e. The van der Waals surface area contributed by atoms with E-state index < -0.39 is 11.8 Å². The molecule has 3 amide bonds. The Balaban J connectivity index is 1.51. The van der Waals surface area contributed by atoms with E-state index in [0.717, 1.165) is 41.8 Å². The number of nitrogens with one attached hydrogen (secondary N) is 2. The first kappa shape index (κ1) is 18.5. The summed E-state index contributed by atoms with van der Waals surface area (Å²) in [6.07, 6.45) is 2.86. The van der Waals surface area contributed by atoms with E-state index in [1.807, 2.05) is 24.0 Å². The summed E-state index contributed by atoms with van der Waals surface area (Å²) in [5.74, 6) is -1.35. The second-order valence-corrected chi connectivity index (χ2v) is 7.57. The molecule has 6 nitrogen and oxygen atoms in total. The van der Waals surface area contributed by atoms with Gasteiger partial charge in [-0.1, -0.05) is 17.7 Å².